The summed E-state index contributed by atoms with van der Waals surface area (Å²) in [7, 11) is 0. The Morgan fingerprint density at radius 1 is 0.759 bits per heavy atom. The molecule has 0 amide bonds. The smallest absolute Gasteiger partial charge is 0.0462 e. The summed E-state index contributed by atoms with van der Waals surface area (Å²) < 4.78 is 0. The van der Waals surface area contributed by atoms with Gasteiger partial charge in [0.05, 0.1) is 0 Å². The topological polar surface area (TPSA) is 3.24 Å². The molecule has 144 valence electrons. The highest BCUT2D eigenvalue weighted by Crippen LogP contribution is 2.34. The van der Waals surface area contributed by atoms with Gasteiger partial charge in [-0.1, -0.05) is 96.6 Å². The second kappa shape index (κ2) is 10.1. The minimum absolute atomic E-state index is 1.14. The fraction of sp³-hybridized carbons (Fsp3) is 0.0714. The number of hydrogen-bond donors (Lipinski definition) is 0. The van der Waals surface area contributed by atoms with Gasteiger partial charge >= 0.3 is 0 Å². The third kappa shape index (κ3) is 5.70. The Bertz CT molecular complexity index is 1000. The van der Waals surface area contributed by atoms with Gasteiger partial charge < -0.3 is 4.90 Å². The highest BCUT2D eigenvalue weighted by molar-refractivity contribution is 5.77. The number of anilines is 3. The molecule has 1 heteroatoms. The van der Waals surface area contributed by atoms with E-state index >= 15 is 0 Å². The molecule has 3 rings (SSSR count). The van der Waals surface area contributed by atoms with E-state index in [0.29, 0.717) is 0 Å². The molecule has 0 N–H and O–H groups in total. The second-order valence-electron chi connectivity index (χ2n) is 6.96. The number of hydrogen-bond acceptors (Lipinski definition) is 1. The van der Waals surface area contributed by atoms with Crippen LogP contribution in [0.4, 0.5) is 17.1 Å². The first-order chi connectivity index (χ1) is 14.2. The number of para-hydroxylation sites is 1. The van der Waals surface area contributed by atoms with Crippen LogP contribution in [0.5, 0.6) is 0 Å². The normalized spacial score (nSPS) is 11.9. The van der Waals surface area contributed by atoms with Gasteiger partial charge in [-0.05, 0) is 55.8 Å². The van der Waals surface area contributed by atoms with Crippen molar-refractivity contribution in [1.29, 1.82) is 0 Å². The van der Waals surface area contributed by atoms with Crippen LogP contribution in [0.15, 0.2) is 121 Å². The highest BCUT2D eigenvalue weighted by atomic mass is 15.1. The van der Waals surface area contributed by atoms with Crippen LogP contribution < -0.4 is 4.90 Å². The first-order valence-corrected chi connectivity index (χ1v) is 9.83. The van der Waals surface area contributed by atoms with E-state index in [1.807, 2.05) is 18.2 Å². The van der Waals surface area contributed by atoms with Gasteiger partial charge in [0.25, 0.3) is 0 Å². The molecule has 3 aromatic carbocycles. The van der Waals surface area contributed by atoms with Gasteiger partial charge in [-0.15, -0.1) is 0 Å². The molecule has 29 heavy (non-hydrogen) atoms. The zero-order valence-electron chi connectivity index (χ0n) is 17.1. The average molecular weight is 378 g/mol. The zero-order valence-corrected chi connectivity index (χ0v) is 17.1. The van der Waals surface area contributed by atoms with Crippen LogP contribution in [-0.4, -0.2) is 0 Å². The van der Waals surface area contributed by atoms with Gasteiger partial charge in [0.1, 0.15) is 0 Å². The van der Waals surface area contributed by atoms with Crippen molar-refractivity contribution in [3.8, 4) is 0 Å². The summed E-state index contributed by atoms with van der Waals surface area (Å²) in [6.45, 7) is 7.89. The molecule has 0 aromatic heterocycles. The minimum atomic E-state index is 1.14. The van der Waals surface area contributed by atoms with E-state index < -0.39 is 0 Å². The van der Waals surface area contributed by atoms with E-state index in [2.05, 4.69) is 116 Å². The lowest BCUT2D eigenvalue weighted by Gasteiger charge is -2.25. The molecule has 1 nitrogen and oxygen atoms in total. The van der Waals surface area contributed by atoms with Gasteiger partial charge in [-0.25, -0.2) is 0 Å². The fourth-order valence-corrected chi connectivity index (χ4v) is 3.02. The van der Waals surface area contributed by atoms with Crippen molar-refractivity contribution < 1.29 is 0 Å². The Morgan fingerprint density at radius 2 is 1.34 bits per heavy atom. The molecule has 0 fully saturated rings. The molecule has 0 saturated heterocycles. The SMILES string of the molecule is C=C\C=C/C=C(C)/C=C\c1ccc(N(c2ccccc2)c2ccc(C)cc2)cc1. The van der Waals surface area contributed by atoms with E-state index in [1.54, 1.807) is 6.08 Å². The summed E-state index contributed by atoms with van der Waals surface area (Å²) in [6, 6.07) is 27.8. The van der Waals surface area contributed by atoms with Crippen LogP contribution in [0.1, 0.15) is 18.1 Å². The lowest BCUT2D eigenvalue weighted by Crippen LogP contribution is -2.09. The van der Waals surface area contributed by atoms with Gasteiger partial charge in [-0.3, -0.25) is 0 Å². The molecule has 0 atom stereocenters. The molecule has 3 aromatic rings. The minimum Gasteiger partial charge on any atom is -0.311 e. The summed E-state index contributed by atoms with van der Waals surface area (Å²) in [6.07, 6.45) is 12.0. The number of rotatable bonds is 7. The molecule has 0 unspecified atom stereocenters. The van der Waals surface area contributed by atoms with Crippen molar-refractivity contribution in [3.05, 3.63) is 133 Å². The molecule has 0 aliphatic heterocycles. The van der Waals surface area contributed by atoms with Gasteiger partial charge in [0, 0.05) is 17.1 Å². The van der Waals surface area contributed by atoms with Crippen molar-refractivity contribution in [2.75, 3.05) is 4.90 Å². The lowest BCUT2D eigenvalue weighted by atomic mass is 10.1. The lowest BCUT2D eigenvalue weighted by molar-refractivity contribution is 1.27. The molecular weight excluding hydrogens is 350 g/mol. The molecule has 0 heterocycles. The van der Waals surface area contributed by atoms with Crippen LogP contribution in [0, 0.1) is 6.92 Å². The Kier molecular flexibility index (Phi) is 7.02. The van der Waals surface area contributed by atoms with E-state index in [1.165, 1.54) is 16.7 Å². The third-order valence-corrected chi connectivity index (χ3v) is 4.60. The maximum Gasteiger partial charge on any atom is 0.0462 e. The average Bonchev–Trinajstić information content (AvgIpc) is 2.76. The van der Waals surface area contributed by atoms with Gasteiger partial charge in [-0.2, -0.15) is 0 Å². The molecule has 0 aliphatic rings. The van der Waals surface area contributed by atoms with E-state index in [9.17, 15) is 0 Å². The predicted molar refractivity (Wildman–Crippen MR) is 128 cm³/mol. The monoisotopic (exact) mass is 377 g/mol. The third-order valence-electron chi connectivity index (χ3n) is 4.60. The molecule has 0 radical (unpaired) electrons. The molecule has 0 aliphatic carbocycles. The Balaban J connectivity index is 1.88. The number of allylic oxidation sites excluding steroid dienone is 6. The van der Waals surface area contributed by atoms with Crippen molar-refractivity contribution in [3.63, 3.8) is 0 Å². The van der Waals surface area contributed by atoms with Crippen molar-refractivity contribution in [2.45, 2.75) is 13.8 Å². The largest absolute Gasteiger partial charge is 0.311 e. The van der Waals surface area contributed by atoms with Gasteiger partial charge in [0.2, 0.25) is 0 Å². The number of nitrogens with zero attached hydrogens (tertiary/aromatic N) is 1. The first-order valence-electron chi connectivity index (χ1n) is 9.83. The number of aryl methyl sites for hydroxylation is 1. The van der Waals surface area contributed by atoms with Crippen LogP contribution in [0.3, 0.4) is 0 Å². The number of benzene rings is 3. The molecule has 0 bridgehead atoms. The standard InChI is InChI=1S/C28H27N/c1-4-5-7-10-23(2)13-16-25-17-21-28(22-18-25)29(26-11-8-6-9-12-26)27-19-14-24(3)15-20-27/h4-22H,1H2,2-3H3/b7-5-,16-13-,23-10+. The van der Waals surface area contributed by atoms with E-state index in [-0.39, 0.29) is 0 Å². The van der Waals surface area contributed by atoms with Crippen LogP contribution in [0.25, 0.3) is 6.08 Å². The van der Waals surface area contributed by atoms with Crippen LogP contribution >= 0.6 is 0 Å². The highest BCUT2D eigenvalue weighted by Gasteiger charge is 2.11. The fourth-order valence-electron chi connectivity index (χ4n) is 3.02. The van der Waals surface area contributed by atoms with Crippen molar-refractivity contribution in [1.82, 2.24) is 0 Å². The summed E-state index contributed by atoms with van der Waals surface area (Å²) in [5.74, 6) is 0. The first kappa shape index (κ1) is 20.2. The van der Waals surface area contributed by atoms with E-state index in [0.717, 1.165) is 17.1 Å². The van der Waals surface area contributed by atoms with Crippen molar-refractivity contribution >= 4 is 23.1 Å². The Morgan fingerprint density at radius 3 is 1.97 bits per heavy atom. The van der Waals surface area contributed by atoms with Crippen LogP contribution in [0.2, 0.25) is 0 Å². The maximum absolute atomic E-state index is 3.68. The summed E-state index contributed by atoms with van der Waals surface area (Å²) in [5.41, 5.74) is 7.06. The molecular formula is C28H27N. The Labute approximate surface area is 174 Å². The van der Waals surface area contributed by atoms with Gasteiger partial charge in [0.15, 0.2) is 0 Å². The van der Waals surface area contributed by atoms with E-state index in [4.69, 9.17) is 0 Å². The second-order valence-corrected chi connectivity index (χ2v) is 6.96. The maximum atomic E-state index is 3.68. The summed E-state index contributed by atoms with van der Waals surface area (Å²) in [4.78, 5) is 2.28. The van der Waals surface area contributed by atoms with Crippen LogP contribution in [-0.2, 0) is 0 Å². The molecule has 0 spiro atoms. The summed E-state index contributed by atoms with van der Waals surface area (Å²) >= 11 is 0. The zero-order chi connectivity index (χ0) is 20.5. The molecule has 0 saturated carbocycles. The Hall–Kier alpha value is -3.58. The van der Waals surface area contributed by atoms with Crippen molar-refractivity contribution in [2.24, 2.45) is 0 Å². The predicted octanol–water partition coefficient (Wildman–Crippen LogP) is 8.17. The quantitative estimate of drug-likeness (QED) is 0.375. The summed E-state index contributed by atoms with van der Waals surface area (Å²) in [5, 5.41) is 0.